The molecule has 2 aliphatic rings. The number of amides is 3. The standard InChI is InChI=1S/C34H36N4O4S/c1-5-6-11-30-35-27-17-16-24(38-31(39)29-20-43-21-37(29)33(38)41)18-28(27)36(30)19-22-12-14-23(15-13-22)25-9-7-8-10-26(25)32(40)42-34(2,3)4/h7-10,12-18,29H,5-6,11,19-21H2,1-4H3. The molecule has 9 heteroatoms. The number of fused-ring (bicyclic) bond motifs is 2. The highest BCUT2D eigenvalue weighted by molar-refractivity contribution is 7.99. The number of nitrogens with zero attached hydrogens (tertiary/aromatic N) is 4. The van der Waals surface area contributed by atoms with Gasteiger partial charge < -0.3 is 14.2 Å². The molecule has 0 saturated carbocycles. The zero-order valence-electron chi connectivity index (χ0n) is 25.0. The number of esters is 1. The lowest BCUT2D eigenvalue weighted by molar-refractivity contribution is -0.118. The minimum atomic E-state index is -0.581. The minimum Gasteiger partial charge on any atom is -0.456 e. The highest BCUT2D eigenvalue weighted by Crippen LogP contribution is 2.34. The maximum absolute atomic E-state index is 13.1. The molecule has 2 saturated heterocycles. The summed E-state index contributed by atoms with van der Waals surface area (Å²) in [6.07, 6.45) is 2.89. The lowest BCUT2D eigenvalue weighted by Gasteiger charge is -2.20. The highest BCUT2D eigenvalue weighted by atomic mass is 32.2. The van der Waals surface area contributed by atoms with Crippen LogP contribution in [0.25, 0.3) is 22.2 Å². The number of imidazole rings is 1. The molecular weight excluding hydrogens is 560 g/mol. The van der Waals surface area contributed by atoms with Crippen LogP contribution >= 0.6 is 11.8 Å². The van der Waals surface area contributed by atoms with E-state index in [1.54, 1.807) is 22.7 Å². The van der Waals surface area contributed by atoms with E-state index in [-0.39, 0.29) is 23.9 Å². The van der Waals surface area contributed by atoms with Gasteiger partial charge in [-0.25, -0.2) is 19.5 Å². The third-order valence-corrected chi connectivity index (χ3v) is 8.81. The van der Waals surface area contributed by atoms with E-state index in [0.717, 1.165) is 52.8 Å². The Balaban J connectivity index is 1.32. The first kappa shape index (κ1) is 29.0. The van der Waals surface area contributed by atoms with Gasteiger partial charge in [0.15, 0.2) is 0 Å². The second-order valence-corrected chi connectivity index (χ2v) is 13.1. The number of rotatable bonds is 8. The summed E-state index contributed by atoms with van der Waals surface area (Å²) in [5, 5.41) is 0. The number of carbonyl (C=O) groups excluding carboxylic acids is 3. The number of carbonyl (C=O) groups is 3. The molecule has 1 atom stereocenters. The fraction of sp³-hybridized carbons (Fsp3) is 0.353. The predicted molar refractivity (Wildman–Crippen MR) is 170 cm³/mol. The van der Waals surface area contributed by atoms with Crippen molar-refractivity contribution >= 4 is 46.4 Å². The Morgan fingerprint density at radius 3 is 2.53 bits per heavy atom. The monoisotopic (exact) mass is 596 g/mol. The van der Waals surface area contributed by atoms with E-state index in [4.69, 9.17) is 9.72 Å². The third kappa shape index (κ3) is 5.66. The van der Waals surface area contributed by atoms with Crippen LogP contribution in [0.5, 0.6) is 0 Å². The summed E-state index contributed by atoms with van der Waals surface area (Å²) in [5.74, 6) is 1.66. The van der Waals surface area contributed by atoms with Crippen molar-refractivity contribution in [3.63, 3.8) is 0 Å². The molecule has 43 heavy (non-hydrogen) atoms. The lowest BCUT2D eigenvalue weighted by Crippen LogP contribution is -2.32. The van der Waals surface area contributed by atoms with Gasteiger partial charge in [0.25, 0.3) is 5.91 Å². The molecular formula is C34H36N4O4S. The van der Waals surface area contributed by atoms with Gasteiger partial charge in [0.1, 0.15) is 17.5 Å². The van der Waals surface area contributed by atoms with E-state index in [1.807, 2.05) is 69.3 Å². The summed E-state index contributed by atoms with van der Waals surface area (Å²) in [6, 6.07) is 20.7. The molecule has 1 unspecified atom stereocenters. The summed E-state index contributed by atoms with van der Waals surface area (Å²) < 4.78 is 7.84. The number of unbranched alkanes of at least 4 members (excludes halogenated alkanes) is 1. The molecule has 2 fully saturated rings. The van der Waals surface area contributed by atoms with Gasteiger partial charge in [-0.05, 0) is 68.1 Å². The predicted octanol–water partition coefficient (Wildman–Crippen LogP) is 6.89. The van der Waals surface area contributed by atoms with Crippen LogP contribution in [-0.2, 0) is 22.5 Å². The van der Waals surface area contributed by atoms with Crippen molar-refractivity contribution in [3.05, 3.63) is 83.7 Å². The number of urea groups is 1. The van der Waals surface area contributed by atoms with E-state index in [1.165, 1.54) is 4.90 Å². The number of benzene rings is 3. The summed E-state index contributed by atoms with van der Waals surface area (Å²) in [6.45, 7) is 8.34. The van der Waals surface area contributed by atoms with Crippen LogP contribution in [0.15, 0.2) is 66.7 Å². The zero-order chi connectivity index (χ0) is 30.3. The minimum absolute atomic E-state index is 0.158. The summed E-state index contributed by atoms with van der Waals surface area (Å²) >= 11 is 1.61. The molecule has 222 valence electrons. The molecule has 2 aliphatic heterocycles. The van der Waals surface area contributed by atoms with Gasteiger partial charge in [-0.15, -0.1) is 11.8 Å². The van der Waals surface area contributed by atoms with Crippen molar-refractivity contribution in [1.29, 1.82) is 0 Å². The van der Waals surface area contributed by atoms with Gasteiger partial charge in [0, 0.05) is 18.7 Å². The van der Waals surface area contributed by atoms with E-state index in [0.29, 0.717) is 29.4 Å². The Morgan fingerprint density at radius 1 is 1.05 bits per heavy atom. The molecule has 0 spiro atoms. The molecule has 4 aromatic rings. The number of aromatic nitrogens is 2. The Kier molecular flexibility index (Phi) is 7.77. The molecule has 0 bridgehead atoms. The maximum Gasteiger partial charge on any atom is 0.339 e. The van der Waals surface area contributed by atoms with Crippen LogP contribution in [0.1, 0.15) is 62.3 Å². The van der Waals surface area contributed by atoms with Crippen molar-refractivity contribution < 1.29 is 19.1 Å². The normalized spacial score (nSPS) is 16.8. The van der Waals surface area contributed by atoms with E-state index < -0.39 is 5.60 Å². The fourth-order valence-electron chi connectivity index (χ4n) is 5.67. The first-order chi connectivity index (χ1) is 20.6. The van der Waals surface area contributed by atoms with E-state index in [9.17, 15) is 14.4 Å². The third-order valence-electron chi connectivity index (χ3n) is 7.80. The average molecular weight is 597 g/mol. The van der Waals surface area contributed by atoms with Gasteiger partial charge in [-0.2, -0.15) is 0 Å². The number of imide groups is 1. The van der Waals surface area contributed by atoms with Gasteiger partial charge in [-0.3, -0.25) is 4.79 Å². The Hall–Kier alpha value is -4.11. The van der Waals surface area contributed by atoms with Crippen LogP contribution in [0, 0.1) is 0 Å². The van der Waals surface area contributed by atoms with Crippen LogP contribution in [0.4, 0.5) is 10.5 Å². The van der Waals surface area contributed by atoms with Gasteiger partial charge in [0.05, 0.1) is 28.2 Å². The van der Waals surface area contributed by atoms with Crippen LogP contribution in [-0.4, -0.2) is 55.6 Å². The van der Waals surface area contributed by atoms with Crippen LogP contribution in [0.2, 0.25) is 0 Å². The highest BCUT2D eigenvalue weighted by Gasteiger charge is 2.48. The quantitative estimate of drug-likeness (QED) is 0.163. The second kappa shape index (κ2) is 11.5. The first-order valence-corrected chi connectivity index (χ1v) is 15.9. The zero-order valence-corrected chi connectivity index (χ0v) is 25.8. The summed E-state index contributed by atoms with van der Waals surface area (Å²) in [7, 11) is 0. The molecule has 0 N–H and O–H groups in total. The topological polar surface area (TPSA) is 84.7 Å². The smallest absolute Gasteiger partial charge is 0.339 e. The lowest BCUT2D eigenvalue weighted by atomic mass is 9.98. The van der Waals surface area contributed by atoms with Crippen LogP contribution in [0.3, 0.4) is 0 Å². The number of hydrogen-bond acceptors (Lipinski definition) is 6. The second-order valence-electron chi connectivity index (χ2n) is 12.1. The molecule has 3 amide bonds. The van der Waals surface area contributed by atoms with Crippen molar-refractivity contribution in [3.8, 4) is 11.1 Å². The molecule has 1 aromatic heterocycles. The van der Waals surface area contributed by atoms with Gasteiger partial charge in [-0.1, -0.05) is 55.8 Å². The molecule has 3 heterocycles. The van der Waals surface area contributed by atoms with Crippen molar-refractivity contribution in [2.24, 2.45) is 0 Å². The number of thioether (sulfide) groups is 1. The number of ether oxygens (including phenoxy) is 1. The van der Waals surface area contributed by atoms with Crippen LogP contribution < -0.4 is 4.90 Å². The number of aryl methyl sites for hydroxylation is 1. The number of hydrogen-bond donors (Lipinski definition) is 0. The number of anilines is 1. The van der Waals surface area contributed by atoms with Crippen molar-refractivity contribution in [2.75, 3.05) is 16.5 Å². The van der Waals surface area contributed by atoms with E-state index in [2.05, 4.69) is 23.6 Å². The van der Waals surface area contributed by atoms with Gasteiger partial charge >= 0.3 is 12.0 Å². The Labute approximate surface area is 256 Å². The first-order valence-electron chi connectivity index (χ1n) is 14.8. The Morgan fingerprint density at radius 2 is 1.81 bits per heavy atom. The SMILES string of the molecule is CCCCc1nc2ccc(N3C(=O)C4CSCN4C3=O)cc2n1Cc1ccc(-c2ccccc2C(=O)OC(C)(C)C)cc1. The van der Waals surface area contributed by atoms with Crippen molar-refractivity contribution in [2.45, 2.75) is 65.1 Å². The average Bonchev–Trinajstić information content (AvgIpc) is 3.66. The Bertz CT molecular complexity index is 1680. The molecule has 0 radical (unpaired) electrons. The fourth-order valence-corrected chi connectivity index (χ4v) is 6.80. The van der Waals surface area contributed by atoms with E-state index >= 15 is 0 Å². The molecule has 6 rings (SSSR count). The molecule has 3 aromatic carbocycles. The molecule has 8 nitrogen and oxygen atoms in total. The maximum atomic E-state index is 13.1. The summed E-state index contributed by atoms with van der Waals surface area (Å²) in [5.41, 5.74) is 5.10. The van der Waals surface area contributed by atoms with Crippen molar-refractivity contribution in [1.82, 2.24) is 14.5 Å². The largest absolute Gasteiger partial charge is 0.456 e. The molecule has 0 aliphatic carbocycles. The van der Waals surface area contributed by atoms with Gasteiger partial charge in [0.2, 0.25) is 0 Å². The summed E-state index contributed by atoms with van der Waals surface area (Å²) in [4.78, 5) is 47.1.